The molecule has 0 aromatic heterocycles. The molecule has 0 heterocycles. The first-order chi connectivity index (χ1) is 7.30. The molecular weight excluding hydrogens is 228 g/mol. The molecule has 16 heavy (non-hydrogen) atoms. The fourth-order valence-electron chi connectivity index (χ4n) is 1.01. The number of rotatable bonds is 2. The lowest BCUT2D eigenvalue weighted by molar-refractivity contribution is -0.137. The van der Waals surface area contributed by atoms with Gasteiger partial charge < -0.3 is 5.11 Å². The van der Waals surface area contributed by atoms with Crippen LogP contribution in [0.25, 0.3) is 6.08 Å². The van der Waals surface area contributed by atoms with E-state index in [9.17, 15) is 22.4 Å². The van der Waals surface area contributed by atoms with Gasteiger partial charge in [-0.1, -0.05) is 12.1 Å². The number of alkyl halides is 3. The predicted octanol–water partition coefficient (Wildman–Crippen LogP) is 3.10. The van der Waals surface area contributed by atoms with Crippen LogP contribution in [0.3, 0.4) is 0 Å². The van der Waals surface area contributed by atoms with Gasteiger partial charge in [0.2, 0.25) is 5.83 Å². The second-order valence-corrected chi connectivity index (χ2v) is 2.92. The third-order valence-corrected chi connectivity index (χ3v) is 1.71. The average molecular weight is 234 g/mol. The van der Waals surface area contributed by atoms with Crippen molar-refractivity contribution in [3.05, 3.63) is 41.2 Å². The van der Waals surface area contributed by atoms with E-state index in [-0.39, 0.29) is 5.56 Å². The van der Waals surface area contributed by atoms with Gasteiger partial charge in [-0.2, -0.15) is 17.6 Å². The van der Waals surface area contributed by atoms with Gasteiger partial charge in [0.25, 0.3) is 0 Å². The van der Waals surface area contributed by atoms with Gasteiger partial charge in [0, 0.05) is 0 Å². The highest BCUT2D eigenvalue weighted by atomic mass is 19.4. The first-order valence-electron chi connectivity index (χ1n) is 4.08. The van der Waals surface area contributed by atoms with Crippen molar-refractivity contribution in [3.8, 4) is 0 Å². The van der Waals surface area contributed by atoms with Crippen LogP contribution in [0.15, 0.2) is 30.1 Å². The third kappa shape index (κ3) is 3.08. The number of carboxylic acids is 1. The number of carboxylic acid groups (broad SMARTS) is 1. The van der Waals surface area contributed by atoms with Crippen LogP contribution in [-0.4, -0.2) is 11.1 Å². The first kappa shape index (κ1) is 12.2. The molecule has 0 saturated heterocycles. The minimum absolute atomic E-state index is 0.158. The molecule has 1 N–H and O–H groups in total. The minimum atomic E-state index is -4.54. The van der Waals surface area contributed by atoms with Gasteiger partial charge in [-0.3, -0.25) is 0 Å². The molecule has 0 aliphatic heterocycles. The molecule has 86 valence electrons. The van der Waals surface area contributed by atoms with Gasteiger partial charge in [-0.15, -0.1) is 0 Å². The zero-order valence-electron chi connectivity index (χ0n) is 7.75. The smallest absolute Gasteiger partial charge is 0.416 e. The second-order valence-electron chi connectivity index (χ2n) is 2.92. The SMILES string of the molecule is O=C(O)C(F)=Cc1cccc(C(F)(F)F)c1. The summed E-state index contributed by atoms with van der Waals surface area (Å²) >= 11 is 0. The summed E-state index contributed by atoms with van der Waals surface area (Å²) in [6.07, 6.45) is -4.01. The van der Waals surface area contributed by atoms with Gasteiger partial charge >= 0.3 is 12.1 Å². The summed E-state index contributed by atoms with van der Waals surface area (Å²) in [5, 5.41) is 8.21. The van der Waals surface area contributed by atoms with Crippen molar-refractivity contribution in [2.45, 2.75) is 6.18 Å². The molecule has 0 fully saturated rings. The van der Waals surface area contributed by atoms with Crippen molar-refractivity contribution in [1.29, 1.82) is 0 Å². The Morgan fingerprint density at radius 3 is 2.44 bits per heavy atom. The summed E-state index contributed by atoms with van der Waals surface area (Å²) in [5.74, 6) is -3.34. The van der Waals surface area contributed by atoms with E-state index in [0.717, 1.165) is 12.1 Å². The molecule has 1 aromatic carbocycles. The Labute approximate surface area is 87.8 Å². The van der Waals surface area contributed by atoms with Crippen molar-refractivity contribution in [1.82, 2.24) is 0 Å². The molecule has 0 bridgehead atoms. The zero-order valence-corrected chi connectivity index (χ0v) is 7.75. The zero-order chi connectivity index (χ0) is 12.3. The molecule has 6 heteroatoms. The first-order valence-corrected chi connectivity index (χ1v) is 4.08. The van der Waals surface area contributed by atoms with Gasteiger partial charge in [0.15, 0.2) is 0 Å². The highest BCUT2D eigenvalue weighted by Crippen LogP contribution is 2.29. The molecule has 2 nitrogen and oxygen atoms in total. The Bertz CT molecular complexity index is 435. The molecule has 1 aromatic rings. The fraction of sp³-hybridized carbons (Fsp3) is 0.100. The molecule has 0 unspecified atom stereocenters. The van der Waals surface area contributed by atoms with Crippen molar-refractivity contribution in [2.75, 3.05) is 0 Å². The molecule has 0 amide bonds. The summed E-state index contributed by atoms with van der Waals surface area (Å²) in [6.45, 7) is 0. The Kier molecular flexibility index (Phi) is 3.31. The lowest BCUT2D eigenvalue weighted by atomic mass is 10.1. The molecule has 0 radical (unpaired) electrons. The van der Waals surface area contributed by atoms with E-state index >= 15 is 0 Å². The predicted molar refractivity (Wildman–Crippen MR) is 48.2 cm³/mol. The fourth-order valence-corrected chi connectivity index (χ4v) is 1.01. The van der Waals surface area contributed by atoms with Gasteiger partial charge in [-0.05, 0) is 23.8 Å². The van der Waals surface area contributed by atoms with Gasteiger partial charge in [0.1, 0.15) is 0 Å². The number of hydrogen-bond donors (Lipinski definition) is 1. The van der Waals surface area contributed by atoms with E-state index < -0.39 is 23.5 Å². The van der Waals surface area contributed by atoms with Crippen molar-refractivity contribution >= 4 is 12.0 Å². The Morgan fingerprint density at radius 1 is 1.31 bits per heavy atom. The quantitative estimate of drug-likeness (QED) is 0.630. The molecule has 0 aliphatic rings. The van der Waals surface area contributed by atoms with E-state index in [1.165, 1.54) is 6.07 Å². The number of carbonyl (C=O) groups is 1. The van der Waals surface area contributed by atoms with Crippen LogP contribution in [0.2, 0.25) is 0 Å². The van der Waals surface area contributed by atoms with Crippen LogP contribution < -0.4 is 0 Å². The summed E-state index contributed by atoms with van der Waals surface area (Å²) in [5.41, 5.74) is -1.12. The molecule has 0 spiro atoms. The van der Waals surface area contributed by atoms with Crippen LogP contribution in [0.4, 0.5) is 17.6 Å². The Hall–Kier alpha value is -1.85. The van der Waals surface area contributed by atoms with Crippen LogP contribution in [-0.2, 0) is 11.0 Å². The van der Waals surface area contributed by atoms with E-state index in [1.54, 1.807) is 0 Å². The normalized spacial score (nSPS) is 12.6. The summed E-state index contributed by atoms with van der Waals surface area (Å²) in [4.78, 5) is 10.1. The molecule has 1 rings (SSSR count). The van der Waals surface area contributed by atoms with E-state index in [2.05, 4.69) is 0 Å². The monoisotopic (exact) mass is 234 g/mol. The van der Waals surface area contributed by atoms with Crippen LogP contribution >= 0.6 is 0 Å². The number of benzene rings is 1. The number of aliphatic carboxylic acids is 1. The van der Waals surface area contributed by atoms with E-state index in [0.29, 0.717) is 12.1 Å². The number of hydrogen-bond acceptors (Lipinski definition) is 1. The highest BCUT2D eigenvalue weighted by Gasteiger charge is 2.30. The molecule has 0 atom stereocenters. The topological polar surface area (TPSA) is 37.3 Å². The minimum Gasteiger partial charge on any atom is -0.476 e. The van der Waals surface area contributed by atoms with Crippen LogP contribution in [0.1, 0.15) is 11.1 Å². The average Bonchev–Trinajstić information content (AvgIpc) is 2.16. The van der Waals surface area contributed by atoms with E-state index in [1.807, 2.05) is 0 Å². The summed E-state index contributed by atoms with van der Waals surface area (Å²) in [6, 6.07) is 3.74. The largest absolute Gasteiger partial charge is 0.476 e. The maximum Gasteiger partial charge on any atom is 0.416 e. The third-order valence-electron chi connectivity index (χ3n) is 1.71. The standard InChI is InChI=1S/C10H6F4O2/c11-8(9(15)16)5-6-2-1-3-7(4-6)10(12,13)14/h1-5H,(H,15,16). The molecule has 0 saturated carbocycles. The molecule has 0 aliphatic carbocycles. The van der Waals surface area contributed by atoms with E-state index in [4.69, 9.17) is 5.11 Å². The lowest BCUT2D eigenvalue weighted by Crippen LogP contribution is -2.04. The number of halogens is 4. The van der Waals surface area contributed by atoms with Gasteiger partial charge in [0.05, 0.1) is 5.56 Å². The highest BCUT2D eigenvalue weighted by molar-refractivity contribution is 5.89. The maximum atomic E-state index is 12.6. The second kappa shape index (κ2) is 4.34. The van der Waals surface area contributed by atoms with Crippen LogP contribution in [0, 0.1) is 0 Å². The summed E-state index contributed by atoms with van der Waals surface area (Å²) < 4.78 is 49.3. The molecular formula is C10H6F4O2. The Balaban J connectivity index is 3.09. The Morgan fingerprint density at radius 2 is 1.94 bits per heavy atom. The van der Waals surface area contributed by atoms with Crippen LogP contribution in [0.5, 0.6) is 0 Å². The lowest BCUT2D eigenvalue weighted by Gasteiger charge is -2.06. The van der Waals surface area contributed by atoms with Crippen molar-refractivity contribution in [2.24, 2.45) is 0 Å². The maximum absolute atomic E-state index is 12.6. The van der Waals surface area contributed by atoms with Crippen molar-refractivity contribution < 1.29 is 27.5 Å². The van der Waals surface area contributed by atoms with Crippen molar-refractivity contribution in [3.63, 3.8) is 0 Å². The van der Waals surface area contributed by atoms with Gasteiger partial charge in [-0.25, -0.2) is 4.79 Å². The summed E-state index contributed by atoms with van der Waals surface area (Å²) in [7, 11) is 0.